The maximum absolute atomic E-state index is 12.3. The second-order valence-electron chi connectivity index (χ2n) is 4.45. The van der Waals surface area contributed by atoms with Crippen LogP contribution in [0.3, 0.4) is 0 Å². The van der Waals surface area contributed by atoms with Crippen LogP contribution in [0.1, 0.15) is 20.7 Å². The van der Waals surface area contributed by atoms with Gasteiger partial charge in [-0.1, -0.05) is 12.1 Å². The Morgan fingerprint density at radius 2 is 1.87 bits per heavy atom. The molecule has 2 rings (SSSR count). The summed E-state index contributed by atoms with van der Waals surface area (Å²) in [6.45, 7) is 0. The number of nitrogens with zero attached hydrogens (tertiary/aromatic N) is 1. The van der Waals surface area contributed by atoms with Crippen molar-refractivity contribution in [1.82, 2.24) is 0 Å². The van der Waals surface area contributed by atoms with Crippen LogP contribution in [0.4, 0.5) is 11.4 Å². The molecule has 0 spiro atoms. The molecule has 8 nitrogen and oxygen atoms in total. The number of rotatable bonds is 5. The number of nitro benzene ring substituents is 1. The quantitative estimate of drug-likeness (QED) is 0.646. The van der Waals surface area contributed by atoms with Crippen molar-refractivity contribution < 1.29 is 24.4 Å². The van der Waals surface area contributed by atoms with Gasteiger partial charge in [-0.25, -0.2) is 4.79 Å². The van der Waals surface area contributed by atoms with Crippen LogP contribution in [-0.2, 0) is 0 Å². The van der Waals surface area contributed by atoms with Crippen LogP contribution >= 0.6 is 0 Å². The largest absolute Gasteiger partial charge is 0.496 e. The summed E-state index contributed by atoms with van der Waals surface area (Å²) in [5.41, 5.74) is -0.580. The summed E-state index contributed by atoms with van der Waals surface area (Å²) < 4.78 is 5.07. The molecule has 2 aromatic carbocycles. The minimum Gasteiger partial charge on any atom is -0.496 e. The molecule has 0 radical (unpaired) electrons. The number of carbonyl (C=O) groups is 2. The van der Waals surface area contributed by atoms with Gasteiger partial charge in [-0.05, 0) is 18.2 Å². The molecule has 8 heteroatoms. The lowest BCUT2D eigenvalue weighted by Gasteiger charge is -2.11. The van der Waals surface area contributed by atoms with E-state index < -0.39 is 16.8 Å². The first-order valence-corrected chi connectivity index (χ1v) is 6.40. The van der Waals surface area contributed by atoms with Crippen LogP contribution in [0.25, 0.3) is 0 Å². The van der Waals surface area contributed by atoms with Gasteiger partial charge in [0.25, 0.3) is 11.6 Å². The molecule has 0 aromatic heterocycles. The fourth-order valence-electron chi connectivity index (χ4n) is 1.95. The molecule has 0 aliphatic heterocycles. The number of aromatic carboxylic acids is 1. The molecule has 2 aromatic rings. The summed E-state index contributed by atoms with van der Waals surface area (Å²) in [7, 11) is 1.40. The first kappa shape index (κ1) is 16.0. The van der Waals surface area contributed by atoms with Crippen molar-refractivity contribution >= 4 is 23.3 Å². The molecule has 0 atom stereocenters. The summed E-state index contributed by atoms with van der Waals surface area (Å²) >= 11 is 0. The van der Waals surface area contributed by atoms with E-state index in [2.05, 4.69) is 5.32 Å². The highest BCUT2D eigenvalue weighted by atomic mass is 16.6. The normalized spacial score (nSPS) is 9.96. The van der Waals surface area contributed by atoms with Gasteiger partial charge < -0.3 is 15.2 Å². The van der Waals surface area contributed by atoms with Crippen LogP contribution < -0.4 is 10.1 Å². The number of amides is 1. The molecular formula is C15H12N2O6. The highest BCUT2D eigenvalue weighted by molar-refractivity contribution is 6.09. The first-order valence-electron chi connectivity index (χ1n) is 6.40. The minimum absolute atomic E-state index is 0.0426. The average Bonchev–Trinajstić information content (AvgIpc) is 2.54. The molecule has 0 aliphatic carbocycles. The number of methoxy groups -OCH3 is 1. The van der Waals surface area contributed by atoms with Crippen LogP contribution in [0.15, 0.2) is 42.5 Å². The van der Waals surface area contributed by atoms with E-state index in [9.17, 15) is 19.7 Å². The second-order valence-corrected chi connectivity index (χ2v) is 4.45. The number of hydrogen-bond acceptors (Lipinski definition) is 5. The lowest BCUT2D eigenvalue weighted by atomic mass is 10.1. The number of hydrogen-bond donors (Lipinski definition) is 2. The van der Waals surface area contributed by atoms with Crippen LogP contribution in [0.5, 0.6) is 5.75 Å². The molecule has 0 unspecified atom stereocenters. The van der Waals surface area contributed by atoms with E-state index in [0.717, 1.165) is 12.1 Å². The number of carboxylic acids is 1. The van der Waals surface area contributed by atoms with Gasteiger partial charge >= 0.3 is 5.97 Å². The van der Waals surface area contributed by atoms with Gasteiger partial charge in [0.15, 0.2) is 0 Å². The maximum atomic E-state index is 12.3. The number of carboxylic acid groups (broad SMARTS) is 1. The van der Waals surface area contributed by atoms with Crippen molar-refractivity contribution in [3.8, 4) is 5.75 Å². The Kier molecular flexibility index (Phi) is 4.55. The van der Waals surface area contributed by atoms with Crippen molar-refractivity contribution in [2.45, 2.75) is 0 Å². The Hall–Kier alpha value is -3.42. The SMILES string of the molecule is COc1ccccc1C(=O)Nc1ccc([N+](=O)[O-])cc1C(=O)O. The number of non-ortho nitro benzene ring substituents is 1. The van der Waals surface area contributed by atoms with Crippen molar-refractivity contribution in [2.24, 2.45) is 0 Å². The lowest BCUT2D eigenvalue weighted by Crippen LogP contribution is -2.16. The molecule has 23 heavy (non-hydrogen) atoms. The monoisotopic (exact) mass is 316 g/mol. The van der Waals surface area contributed by atoms with E-state index in [1.54, 1.807) is 18.2 Å². The Balaban J connectivity index is 2.37. The molecule has 0 fully saturated rings. The predicted octanol–water partition coefficient (Wildman–Crippen LogP) is 2.55. The number of nitrogens with one attached hydrogen (secondary N) is 1. The summed E-state index contributed by atoms with van der Waals surface area (Å²) in [5, 5.41) is 22.3. The zero-order chi connectivity index (χ0) is 17.0. The molecule has 0 saturated carbocycles. The van der Waals surface area contributed by atoms with Crippen molar-refractivity contribution in [1.29, 1.82) is 0 Å². The maximum Gasteiger partial charge on any atom is 0.338 e. The third kappa shape index (κ3) is 3.43. The predicted molar refractivity (Wildman–Crippen MR) is 81.0 cm³/mol. The highest BCUT2D eigenvalue weighted by Gasteiger charge is 2.19. The number of carbonyl (C=O) groups excluding carboxylic acids is 1. The summed E-state index contributed by atoms with van der Waals surface area (Å²) in [6, 6.07) is 9.59. The number of nitro groups is 1. The highest BCUT2D eigenvalue weighted by Crippen LogP contribution is 2.24. The Labute approximate surface area is 130 Å². The van der Waals surface area contributed by atoms with Crippen molar-refractivity contribution in [3.05, 3.63) is 63.7 Å². The van der Waals surface area contributed by atoms with Gasteiger partial charge in [0.05, 0.1) is 28.8 Å². The van der Waals surface area contributed by atoms with Crippen molar-refractivity contribution in [2.75, 3.05) is 12.4 Å². The minimum atomic E-state index is -1.39. The van der Waals surface area contributed by atoms with Gasteiger partial charge in [-0.3, -0.25) is 14.9 Å². The van der Waals surface area contributed by atoms with E-state index in [4.69, 9.17) is 9.84 Å². The third-order valence-corrected chi connectivity index (χ3v) is 3.04. The van der Waals surface area contributed by atoms with E-state index >= 15 is 0 Å². The van der Waals surface area contributed by atoms with E-state index in [-0.39, 0.29) is 22.5 Å². The van der Waals surface area contributed by atoms with Crippen LogP contribution in [-0.4, -0.2) is 29.0 Å². The standard InChI is InChI=1S/C15H12N2O6/c1-23-13-5-3-2-4-10(13)14(18)16-12-7-6-9(17(21)22)8-11(12)15(19)20/h2-8H,1H3,(H,16,18)(H,19,20). The summed E-state index contributed by atoms with van der Waals surface area (Å²) in [5.74, 6) is -1.65. The average molecular weight is 316 g/mol. The van der Waals surface area contributed by atoms with E-state index in [1.807, 2.05) is 0 Å². The molecule has 0 saturated heterocycles. The smallest absolute Gasteiger partial charge is 0.338 e. The van der Waals surface area contributed by atoms with Crippen LogP contribution in [0, 0.1) is 10.1 Å². The molecular weight excluding hydrogens is 304 g/mol. The topological polar surface area (TPSA) is 119 Å². The zero-order valence-electron chi connectivity index (χ0n) is 12.0. The summed E-state index contributed by atoms with van der Waals surface area (Å²) in [6.07, 6.45) is 0. The van der Waals surface area contributed by atoms with Gasteiger partial charge in [0.1, 0.15) is 5.75 Å². The number of para-hydroxylation sites is 1. The van der Waals surface area contributed by atoms with Crippen LogP contribution in [0.2, 0.25) is 0 Å². The second kappa shape index (κ2) is 6.56. The zero-order valence-corrected chi connectivity index (χ0v) is 12.0. The molecule has 0 aliphatic rings. The van der Waals surface area contributed by atoms with E-state index in [1.165, 1.54) is 19.2 Å². The fourth-order valence-corrected chi connectivity index (χ4v) is 1.95. The Morgan fingerprint density at radius 1 is 1.17 bits per heavy atom. The summed E-state index contributed by atoms with van der Waals surface area (Å²) in [4.78, 5) is 33.5. The Bertz CT molecular complexity index is 787. The number of anilines is 1. The Morgan fingerprint density at radius 3 is 2.48 bits per heavy atom. The third-order valence-electron chi connectivity index (χ3n) is 3.04. The van der Waals surface area contributed by atoms with Gasteiger partial charge in [-0.15, -0.1) is 0 Å². The number of ether oxygens (including phenoxy) is 1. The molecule has 118 valence electrons. The lowest BCUT2D eigenvalue weighted by molar-refractivity contribution is -0.384. The molecule has 1 amide bonds. The van der Waals surface area contributed by atoms with Gasteiger partial charge in [-0.2, -0.15) is 0 Å². The van der Waals surface area contributed by atoms with Gasteiger partial charge in [0.2, 0.25) is 0 Å². The molecule has 2 N–H and O–H groups in total. The van der Waals surface area contributed by atoms with E-state index in [0.29, 0.717) is 5.75 Å². The fraction of sp³-hybridized carbons (Fsp3) is 0.0667. The number of benzene rings is 2. The van der Waals surface area contributed by atoms with Crippen molar-refractivity contribution in [3.63, 3.8) is 0 Å². The van der Waals surface area contributed by atoms with Gasteiger partial charge in [0, 0.05) is 12.1 Å². The molecule has 0 heterocycles. The first-order chi connectivity index (χ1) is 10.9. The molecule has 0 bridgehead atoms.